The van der Waals surface area contributed by atoms with Gasteiger partial charge in [-0.2, -0.15) is 9.97 Å². The molecule has 0 N–H and O–H groups in total. The van der Waals surface area contributed by atoms with E-state index in [1.807, 2.05) is 109 Å². The smallest absolute Gasteiger partial charge is 0.252 e. The first-order valence-corrected chi connectivity index (χ1v) is 13.1. The fourth-order valence-electron chi connectivity index (χ4n) is 3.97. The van der Waals surface area contributed by atoms with Crippen LogP contribution in [0.25, 0.3) is 22.8 Å². The number of nitrogens with zero attached hydrogens (tertiary/aromatic N) is 4. The molecule has 0 aliphatic rings. The molecule has 0 fully saturated rings. The maximum atomic E-state index is 5.83. The summed E-state index contributed by atoms with van der Waals surface area (Å²) in [5.41, 5.74) is 3.83. The molecule has 41 heavy (non-hydrogen) atoms. The van der Waals surface area contributed by atoms with Gasteiger partial charge in [0.25, 0.3) is 11.8 Å². The third kappa shape index (κ3) is 7.03. The molecule has 0 atom stereocenters. The van der Waals surface area contributed by atoms with Crippen molar-refractivity contribution in [2.45, 2.75) is 26.4 Å². The van der Waals surface area contributed by atoms with Crippen LogP contribution >= 0.6 is 0 Å². The van der Waals surface area contributed by atoms with Crippen LogP contribution in [0.3, 0.4) is 0 Å². The van der Waals surface area contributed by atoms with Gasteiger partial charge in [0.05, 0.1) is 0 Å². The molecule has 0 saturated carbocycles. The van der Waals surface area contributed by atoms with Crippen LogP contribution in [-0.4, -0.2) is 20.3 Å². The Morgan fingerprint density at radius 2 is 0.878 bits per heavy atom. The molecular weight excluding hydrogens is 520 g/mol. The molecule has 2 aromatic heterocycles. The molecule has 0 bridgehead atoms. The summed E-state index contributed by atoms with van der Waals surface area (Å²) in [6.07, 6.45) is 0. The van der Waals surface area contributed by atoms with Gasteiger partial charge in [-0.15, -0.1) is 0 Å². The standard InChI is InChI=1S/C32H26N4O5/c1-3-7-23(8-4-1)19-38-27-15-11-25(12-16-27)31-33-29(40-35-31)21-37-22-30-34-32(36-41-30)26-13-17-28(18-14-26)39-20-24-9-5-2-6-10-24/h1-18H,19-22H2. The molecule has 0 amide bonds. The Labute approximate surface area is 236 Å². The highest BCUT2D eigenvalue weighted by Gasteiger charge is 2.12. The molecular formula is C32H26N4O5. The van der Waals surface area contributed by atoms with Crippen molar-refractivity contribution in [1.82, 2.24) is 20.3 Å². The molecule has 0 saturated heterocycles. The molecule has 0 aliphatic carbocycles. The largest absolute Gasteiger partial charge is 0.489 e. The van der Waals surface area contributed by atoms with E-state index in [-0.39, 0.29) is 13.2 Å². The summed E-state index contributed by atoms with van der Waals surface area (Å²) >= 11 is 0. The second-order valence-electron chi connectivity index (χ2n) is 9.11. The quantitative estimate of drug-likeness (QED) is 0.167. The van der Waals surface area contributed by atoms with Crippen molar-refractivity contribution in [3.8, 4) is 34.3 Å². The van der Waals surface area contributed by atoms with Gasteiger partial charge in [0.15, 0.2) is 0 Å². The molecule has 204 valence electrons. The van der Waals surface area contributed by atoms with E-state index in [0.29, 0.717) is 36.6 Å². The maximum absolute atomic E-state index is 5.83. The fourth-order valence-corrected chi connectivity index (χ4v) is 3.97. The minimum absolute atomic E-state index is 0.108. The number of rotatable bonds is 12. The Balaban J connectivity index is 0.965. The number of ether oxygens (including phenoxy) is 3. The van der Waals surface area contributed by atoms with E-state index in [0.717, 1.165) is 33.8 Å². The maximum Gasteiger partial charge on any atom is 0.252 e. The zero-order valence-electron chi connectivity index (χ0n) is 22.1. The van der Waals surface area contributed by atoms with E-state index in [1.54, 1.807) is 0 Å². The van der Waals surface area contributed by atoms with Crippen molar-refractivity contribution in [2.24, 2.45) is 0 Å². The van der Waals surface area contributed by atoms with Gasteiger partial charge in [0.2, 0.25) is 11.6 Å². The van der Waals surface area contributed by atoms with Crippen LogP contribution in [0, 0.1) is 0 Å². The Bertz CT molecular complexity index is 1530. The van der Waals surface area contributed by atoms with Crippen LogP contribution in [-0.2, 0) is 31.2 Å². The average molecular weight is 547 g/mol. The van der Waals surface area contributed by atoms with E-state index >= 15 is 0 Å². The summed E-state index contributed by atoms with van der Waals surface area (Å²) < 4.78 is 28.0. The third-order valence-electron chi connectivity index (χ3n) is 6.11. The lowest BCUT2D eigenvalue weighted by Gasteiger charge is -2.06. The van der Waals surface area contributed by atoms with Crippen molar-refractivity contribution in [2.75, 3.05) is 0 Å². The highest BCUT2D eigenvalue weighted by Crippen LogP contribution is 2.23. The zero-order chi connectivity index (χ0) is 27.7. The Morgan fingerprint density at radius 3 is 1.29 bits per heavy atom. The van der Waals surface area contributed by atoms with E-state index in [2.05, 4.69) is 20.3 Å². The first-order valence-electron chi connectivity index (χ1n) is 13.1. The monoisotopic (exact) mass is 546 g/mol. The summed E-state index contributed by atoms with van der Waals surface area (Å²) in [4.78, 5) is 8.82. The van der Waals surface area contributed by atoms with E-state index in [4.69, 9.17) is 23.3 Å². The summed E-state index contributed by atoms with van der Waals surface area (Å²) in [6.45, 7) is 1.22. The summed E-state index contributed by atoms with van der Waals surface area (Å²) in [5, 5.41) is 8.10. The summed E-state index contributed by atoms with van der Waals surface area (Å²) in [5.74, 6) is 3.14. The third-order valence-corrected chi connectivity index (χ3v) is 6.11. The predicted molar refractivity (Wildman–Crippen MR) is 150 cm³/mol. The Hall–Kier alpha value is -5.28. The van der Waals surface area contributed by atoms with Crippen LogP contribution in [0.2, 0.25) is 0 Å². The van der Waals surface area contributed by atoms with E-state index in [1.165, 1.54) is 0 Å². The lowest BCUT2D eigenvalue weighted by molar-refractivity contribution is 0.0668. The van der Waals surface area contributed by atoms with Gasteiger partial charge in [0.1, 0.15) is 37.9 Å². The van der Waals surface area contributed by atoms with E-state index in [9.17, 15) is 0 Å². The topological polar surface area (TPSA) is 106 Å². The molecule has 0 spiro atoms. The van der Waals surface area contributed by atoms with Gasteiger partial charge in [-0.25, -0.2) is 0 Å². The first-order chi connectivity index (χ1) is 20.3. The predicted octanol–water partition coefficient (Wildman–Crippen LogP) is 6.66. The zero-order valence-corrected chi connectivity index (χ0v) is 22.1. The number of hydrogen-bond acceptors (Lipinski definition) is 9. The van der Waals surface area contributed by atoms with Crippen LogP contribution < -0.4 is 9.47 Å². The van der Waals surface area contributed by atoms with Gasteiger partial charge >= 0.3 is 0 Å². The molecule has 9 nitrogen and oxygen atoms in total. The second kappa shape index (κ2) is 12.7. The van der Waals surface area contributed by atoms with Crippen molar-refractivity contribution in [3.63, 3.8) is 0 Å². The summed E-state index contributed by atoms with van der Waals surface area (Å²) in [7, 11) is 0. The number of aromatic nitrogens is 4. The minimum Gasteiger partial charge on any atom is -0.489 e. The lowest BCUT2D eigenvalue weighted by Crippen LogP contribution is -1.95. The first kappa shape index (κ1) is 26.0. The highest BCUT2D eigenvalue weighted by atomic mass is 16.5. The van der Waals surface area contributed by atoms with Crippen molar-refractivity contribution < 1.29 is 23.3 Å². The average Bonchev–Trinajstić information content (AvgIpc) is 3.71. The van der Waals surface area contributed by atoms with Crippen molar-refractivity contribution in [1.29, 1.82) is 0 Å². The normalized spacial score (nSPS) is 10.9. The van der Waals surface area contributed by atoms with Gasteiger partial charge in [-0.05, 0) is 59.7 Å². The molecule has 2 heterocycles. The number of hydrogen-bond donors (Lipinski definition) is 0. The van der Waals surface area contributed by atoms with Gasteiger partial charge < -0.3 is 23.3 Å². The molecule has 9 heteroatoms. The van der Waals surface area contributed by atoms with Gasteiger partial charge in [-0.3, -0.25) is 0 Å². The Kier molecular flexibility index (Phi) is 8.05. The van der Waals surface area contributed by atoms with E-state index < -0.39 is 0 Å². The molecule has 6 rings (SSSR count). The highest BCUT2D eigenvalue weighted by molar-refractivity contribution is 5.56. The van der Waals surface area contributed by atoms with Crippen LogP contribution in [0.1, 0.15) is 22.9 Å². The number of benzene rings is 4. The van der Waals surface area contributed by atoms with Gasteiger partial charge in [-0.1, -0.05) is 71.0 Å². The second-order valence-corrected chi connectivity index (χ2v) is 9.11. The SMILES string of the molecule is c1ccc(COc2ccc(-c3noc(COCc4nc(-c5ccc(OCc6ccccc6)cc5)no4)n3)cc2)cc1. The van der Waals surface area contributed by atoms with Gasteiger partial charge in [0, 0.05) is 11.1 Å². The molecule has 0 radical (unpaired) electrons. The molecule has 6 aromatic rings. The molecule has 0 unspecified atom stereocenters. The summed E-state index contributed by atoms with van der Waals surface area (Å²) in [6, 6.07) is 35.1. The fraction of sp³-hybridized carbons (Fsp3) is 0.125. The lowest BCUT2D eigenvalue weighted by atomic mass is 10.2. The van der Waals surface area contributed by atoms with Crippen LogP contribution in [0.15, 0.2) is 118 Å². The molecule has 0 aliphatic heterocycles. The molecule has 4 aromatic carbocycles. The van der Waals surface area contributed by atoms with Crippen molar-refractivity contribution in [3.05, 3.63) is 132 Å². The van der Waals surface area contributed by atoms with Crippen LogP contribution in [0.5, 0.6) is 11.5 Å². The minimum atomic E-state index is 0.108. The van der Waals surface area contributed by atoms with Crippen molar-refractivity contribution >= 4 is 0 Å². The van der Waals surface area contributed by atoms with Crippen LogP contribution in [0.4, 0.5) is 0 Å². The Morgan fingerprint density at radius 1 is 0.463 bits per heavy atom.